The average Bonchev–Trinajstić information content (AvgIpc) is 2.57. The SMILES string of the molecule is COc1ccc(Cn2c(=O)c(O)[n+]([O-])c3ccccc32)cc1. The Morgan fingerprint density at radius 3 is 2.55 bits per heavy atom. The first-order valence-electron chi connectivity index (χ1n) is 6.69. The molecule has 112 valence electrons. The van der Waals surface area contributed by atoms with Crippen LogP contribution in [-0.4, -0.2) is 16.8 Å². The molecular formula is C16H14N2O4. The molecule has 0 spiro atoms. The van der Waals surface area contributed by atoms with Gasteiger partial charge in [0, 0.05) is 6.07 Å². The Bertz CT molecular complexity index is 885. The van der Waals surface area contributed by atoms with E-state index in [1.54, 1.807) is 43.5 Å². The molecule has 0 fully saturated rings. The molecule has 0 atom stereocenters. The van der Waals surface area contributed by atoms with Gasteiger partial charge in [-0.2, -0.15) is 0 Å². The number of benzene rings is 2. The summed E-state index contributed by atoms with van der Waals surface area (Å²) in [6, 6.07) is 13.9. The van der Waals surface area contributed by atoms with E-state index in [4.69, 9.17) is 4.74 Å². The number of hydrogen-bond acceptors (Lipinski definition) is 4. The van der Waals surface area contributed by atoms with Crippen LogP contribution in [0.1, 0.15) is 5.56 Å². The Morgan fingerprint density at radius 1 is 1.18 bits per heavy atom. The van der Waals surface area contributed by atoms with Crippen molar-refractivity contribution < 1.29 is 14.6 Å². The lowest BCUT2D eigenvalue weighted by atomic mass is 10.2. The molecule has 0 amide bonds. The van der Waals surface area contributed by atoms with E-state index in [1.165, 1.54) is 4.57 Å². The van der Waals surface area contributed by atoms with Gasteiger partial charge in [-0.15, -0.1) is 4.73 Å². The van der Waals surface area contributed by atoms with E-state index < -0.39 is 11.4 Å². The summed E-state index contributed by atoms with van der Waals surface area (Å²) in [7, 11) is 1.58. The Balaban J connectivity index is 2.15. The Morgan fingerprint density at radius 2 is 1.86 bits per heavy atom. The third-order valence-electron chi connectivity index (χ3n) is 3.52. The molecule has 6 heteroatoms. The van der Waals surface area contributed by atoms with Crippen LogP contribution in [0.5, 0.6) is 11.6 Å². The minimum absolute atomic E-state index is 0.244. The highest BCUT2D eigenvalue weighted by Crippen LogP contribution is 2.15. The molecule has 1 aromatic heterocycles. The van der Waals surface area contributed by atoms with Gasteiger partial charge in [0.1, 0.15) is 11.3 Å². The van der Waals surface area contributed by atoms with Crippen LogP contribution < -0.4 is 15.0 Å². The molecular weight excluding hydrogens is 284 g/mol. The van der Waals surface area contributed by atoms with Crippen LogP contribution >= 0.6 is 0 Å². The Kier molecular flexibility index (Phi) is 3.42. The molecule has 2 aromatic carbocycles. The average molecular weight is 298 g/mol. The maximum atomic E-state index is 12.2. The van der Waals surface area contributed by atoms with Gasteiger partial charge in [-0.25, -0.2) is 0 Å². The van der Waals surface area contributed by atoms with Crippen LogP contribution in [0.3, 0.4) is 0 Å². The molecule has 0 aliphatic heterocycles. The minimum Gasteiger partial charge on any atom is -0.615 e. The normalized spacial score (nSPS) is 10.8. The van der Waals surface area contributed by atoms with Crippen molar-refractivity contribution in [1.29, 1.82) is 0 Å². The van der Waals surface area contributed by atoms with Crippen molar-refractivity contribution in [2.75, 3.05) is 7.11 Å². The van der Waals surface area contributed by atoms with Crippen LogP contribution in [0, 0.1) is 5.21 Å². The number of methoxy groups -OCH3 is 1. The number of ether oxygens (including phenoxy) is 1. The highest BCUT2D eigenvalue weighted by Gasteiger charge is 2.19. The lowest BCUT2D eigenvalue weighted by Crippen LogP contribution is -2.37. The van der Waals surface area contributed by atoms with E-state index in [1.807, 2.05) is 12.1 Å². The lowest BCUT2D eigenvalue weighted by Gasteiger charge is -2.11. The summed E-state index contributed by atoms with van der Waals surface area (Å²) in [5.74, 6) is -0.110. The Hall–Kier alpha value is -3.02. The maximum Gasteiger partial charge on any atom is 0.445 e. The number of hydrogen-bond donors (Lipinski definition) is 1. The molecule has 1 N–H and O–H groups in total. The molecule has 0 aliphatic carbocycles. The number of aromatic nitrogens is 2. The van der Waals surface area contributed by atoms with Gasteiger partial charge in [-0.3, -0.25) is 9.36 Å². The van der Waals surface area contributed by atoms with E-state index in [0.717, 1.165) is 5.56 Å². The molecule has 0 saturated carbocycles. The van der Waals surface area contributed by atoms with E-state index in [-0.39, 0.29) is 16.8 Å². The third kappa shape index (κ3) is 2.24. The molecule has 0 unspecified atom stereocenters. The molecule has 3 aromatic rings. The van der Waals surface area contributed by atoms with Crippen molar-refractivity contribution in [2.45, 2.75) is 6.54 Å². The first-order valence-corrected chi connectivity index (χ1v) is 6.69. The highest BCUT2D eigenvalue weighted by atomic mass is 16.5. The number of rotatable bonds is 3. The van der Waals surface area contributed by atoms with E-state index in [0.29, 0.717) is 11.3 Å². The molecule has 0 bridgehead atoms. The first-order chi connectivity index (χ1) is 10.6. The van der Waals surface area contributed by atoms with E-state index in [2.05, 4.69) is 0 Å². The number of para-hydroxylation sites is 2. The molecule has 0 saturated heterocycles. The summed E-state index contributed by atoms with van der Waals surface area (Å²) in [6.45, 7) is 0.248. The molecule has 0 radical (unpaired) electrons. The summed E-state index contributed by atoms with van der Waals surface area (Å²) in [5, 5.41) is 21.6. The molecule has 0 aliphatic rings. The standard InChI is InChI=1S/C16H14N2O4/c1-22-12-8-6-11(7-9-12)10-17-13-4-2-3-5-14(13)18(21)16(20)15(17)19/h2-9,20H,10H2,1H3. The fourth-order valence-electron chi connectivity index (χ4n) is 2.37. The first kappa shape index (κ1) is 13.9. The summed E-state index contributed by atoms with van der Waals surface area (Å²) >= 11 is 0. The molecule has 1 heterocycles. The van der Waals surface area contributed by atoms with Crippen molar-refractivity contribution in [3.05, 3.63) is 69.7 Å². The fourth-order valence-corrected chi connectivity index (χ4v) is 2.37. The lowest BCUT2D eigenvalue weighted by molar-refractivity contribution is -0.587. The molecule has 6 nitrogen and oxygen atoms in total. The van der Waals surface area contributed by atoms with Crippen LogP contribution in [0.2, 0.25) is 0 Å². The smallest absolute Gasteiger partial charge is 0.445 e. The highest BCUT2D eigenvalue weighted by molar-refractivity contribution is 5.71. The third-order valence-corrected chi connectivity index (χ3v) is 3.52. The van der Waals surface area contributed by atoms with Gasteiger partial charge in [0.15, 0.2) is 0 Å². The summed E-state index contributed by atoms with van der Waals surface area (Å²) in [6.07, 6.45) is 0. The van der Waals surface area contributed by atoms with Crippen molar-refractivity contribution in [3.8, 4) is 11.6 Å². The van der Waals surface area contributed by atoms with Gasteiger partial charge in [0.2, 0.25) is 5.52 Å². The maximum absolute atomic E-state index is 12.2. The molecule has 3 rings (SSSR count). The number of fused-ring (bicyclic) bond motifs is 1. The zero-order valence-electron chi connectivity index (χ0n) is 11.9. The largest absolute Gasteiger partial charge is 0.615 e. The topological polar surface area (TPSA) is 78.4 Å². The minimum atomic E-state index is -0.827. The zero-order valence-corrected chi connectivity index (χ0v) is 11.9. The summed E-state index contributed by atoms with van der Waals surface area (Å²) < 4.78 is 6.72. The zero-order chi connectivity index (χ0) is 15.7. The van der Waals surface area contributed by atoms with Crippen molar-refractivity contribution >= 4 is 11.0 Å². The van der Waals surface area contributed by atoms with Crippen molar-refractivity contribution in [3.63, 3.8) is 0 Å². The van der Waals surface area contributed by atoms with Gasteiger partial charge in [-0.05, 0) is 23.8 Å². The van der Waals surface area contributed by atoms with Crippen LogP contribution in [0.25, 0.3) is 11.0 Å². The van der Waals surface area contributed by atoms with Gasteiger partial charge in [0.05, 0.1) is 13.7 Å². The Labute approximate surface area is 126 Å². The van der Waals surface area contributed by atoms with Crippen molar-refractivity contribution in [2.24, 2.45) is 0 Å². The predicted octanol–water partition coefficient (Wildman–Crippen LogP) is 1.40. The van der Waals surface area contributed by atoms with Gasteiger partial charge in [-0.1, -0.05) is 24.3 Å². The van der Waals surface area contributed by atoms with E-state index in [9.17, 15) is 15.1 Å². The van der Waals surface area contributed by atoms with Crippen LogP contribution in [0.4, 0.5) is 0 Å². The summed E-state index contributed by atoms with van der Waals surface area (Å²) in [4.78, 5) is 12.2. The second kappa shape index (κ2) is 5.40. The van der Waals surface area contributed by atoms with E-state index >= 15 is 0 Å². The summed E-state index contributed by atoms with van der Waals surface area (Å²) in [5.41, 5.74) is 0.852. The molecule has 22 heavy (non-hydrogen) atoms. The van der Waals surface area contributed by atoms with Crippen molar-refractivity contribution in [1.82, 2.24) is 4.57 Å². The number of nitrogens with zero attached hydrogens (tertiary/aromatic N) is 2. The number of aromatic hydroxyl groups is 1. The second-order valence-electron chi connectivity index (χ2n) is 4.85. The second-order valence-corrected chi connectivity index (χ2v) is 4.85. The predicted molar refractivity (Wildman–Crippen MR) is 80.9 cm³/mol. The van der Waals surface area contributed by atoms with Crippen LogP contribution in [-0.2, 0) is 6.54 Å². The van der Waals surface area contributed by atoms with Gasteiger partial charge in [0.25, 0.3) is 0 Å². The quantitative estimate of drug-likeness (QED) is 0.585. The van der Waals surface area contributed by atoms with Crippen LogP contribution in [0.15, 0.2) is 53.3 Å². The van der Waals surface area contributed by atoms with Gasteiger partial charge < -0.3 is 15.1 Å². The monoisotopic (exact) mass is 298 g/mol. The fraction of sp³-hybridized carbons (Fsp3) is 0.125. The van der Waals surface area contributed by atoms with Gasteiger partial charge >= 0.3 is 11.4 Å².